The van der Waals surface area contributed by atoms with E-state index in [-0.39, 0.29) is 27.5 Å². The fraction of sp³-hybridized carbons (Fsp3) is 0.115. The average Bonchev–Trinajstić information content (AvgIpc) is 2.85. The molecule has 0 aliphatic rings. The van der Waals surface area contributed by atoms with Crippen molar-refractivity contribution in [3.8, 4) is 11.5 Å². The van der Waals surface area contributed by atoms with Gasteiger partial charge in [-0.1, -0.05) is 48.0 Å². The molecule has 0 heterocycles. The molecular weight excluding hydrogens is 518 g/mol. The number of hydrogen-bond donors (Lipinski definition) is 3. The second-order valence-electron chi connectivity index (χ2n) is 7.92. The van der Waals surface area contributed by atoms with E-state index in [1.54, 1.807) is 48.5 Å². The van der Waals surface area contributed by atoms with Gasteiger partial charge in [0.05, 0.1) is 17.9 Å². The van der Waals surface area contributed by atoms with E-state index in [9.17, 15) is 22.9 Å². The van der Waals surface area contributed by atoms with Crippen molar-refractivity contribution in [3.63, 3.8) is 0 Å². The summed E-state index contributed by atoms with van der Waals surface area (Å²) < 4.78 is 39.3. The number of para-hydroxylation sites is 2. The molecule has 11 heteroatoms. The number of nitrogens with one attached hydrogen (secondary N) is 1. The Kier molecular flexibility index (Phi) is 7.44. The van der Waals surface area contributed by atoms with Crippen molar-refractivity contribution in [3.05, 3.63) is 82.9 Å². The number of azo groups is 1. The van der Waals surface area contributed by atoms with Crippen molar-refractivity contribution in [1.29, 1.82) is 0 Å². The molecule has 0 aliphatic carbocycles. The lowest BCUT2D eigenvalue weighted by Gasteiger charge is -2.13. The molecule has 0 aromatic heterocycles. The number of anilines is 1. The van der Waals surface area contributed by atoms with Crippen LogP contribution >= 0.6 is 11.6 Å². The molecule has 9 nitrogen and oxygen atoms in total. The first-order valence-corrected chi connectivity index (χ1v) is 12.9. The molecule has 0 aliphatic heterocycles. The number of rotatable bonds is 7. The predicted octanol–water partition coefficient (Wildman–Crippen LogP) is 6.82. The van der Waals surface area contributed by atoms with Gasteiger partial charge in [-0.15, -0.1) is 10.2 Å². The van der Waals surface area contributed by atoms with E-state index in [2.05, 4.69) is 15.5 Å². The van der Waals surface area contributed by atoms with Gasteiger partial charge in [0, 0.05) is 10.4 Å². The zero-order chi connectivity index (χ0) is 26.7. The van der Waals surface area contributed by atoms with Gasteiger partial charge >= 0.3 is 0 Å². The number of aromatic hydroxyl groups is 1. The maximum atomic E-state index is 13.2. The van der Waals surface area contributed by atoms with E-state index in [0.717, 1.165) is 0 Å². The van der Waals surface area contributed by atoms with Crippen molar-refractivity contribution in [1.82, 2.24) is 0 Å². The molecule has 190 valence electrons. The number of fused-ring (bicyclic) bond motifs is 1. The van der Waals surface area contributed by atoms with Crippen LogP contribution in [0.3, 0.4) is 0 Å². The minimum absolute atomic E-state index is 0.0600. The number of amides is 1. The molecule has 0 saturated heterocycles. The third kappa shape index (κ3) is 5.41. The number of hydrogen-bond acceptors (Lipinski definition) is 7. The van der Waals surface area contributed by atoms with Crippen molar-refractivity contribution in [2.24, 2.45) is 10.2 Å². The standard InChI is InChI=1S/C26H22ClN3O6S/c1-3-36-22-11-7-6-10-20(22)28-26(32)18-14-16-8-4-5-9-17(16)23(24(18)31)30-29-21-13-12-19(27)15(2)25(21)37(33,34)35/h4-14,31H,3H2,1-2H3,(H,28,32)(H,33,34,35). The minimum Gasteiger partial charge on any atom is -0.505 e. The first-order valence-electron chi connectivity index (χ1n) is 11.1. The Morgan fingerprint density at radius 1 is 1.05 bits per heavy atom. The molecule has 0 radical (unpaired) electrons. The number of carbonyl (C=O) groups excluding carboxylic acids is 1. The van der Waals surface area contributed by atoms with Crippen LogP contribution in [-0.2, 0) is 10.1 Å². The summed E-state index contributed by atoms with van der Waals surface area (Å²) in [5.41, 5.74) is 0.181. The van der Waals surface area contributed by atoms with Gasteiger partial charge in [0.1, 0.15) is 22.0 Å². The number of carbonyl (C=O) groups is 1. The van der Waals surface area contributed by atoms with Gasteiger partial charge in [-0.3, -0.25) is 9.35 Å². The highest BCUT2D eigenvalue weighted by Gasteiger charge is 2.22. The molecule has 0 fully saturated rings. The van der Waals surface area contributed by atoms with Gasteiger partial charge < -0.3 is 15.2 Å². The van der Waals surface area contributed by atoms with Crippen LogP contribution in [0.15, 0.2) is 81.9 Å². The van der Waals surface area contributed by atoms with Crippen LogP contribution in [0.5, 0.6) is 11.5 Å². The molecular formula is C26H22ClN3O6S. The van der Waals surface area contributed by atoms with E-state index < -0.39 is 26.7 Å². The lowest BCUT2D eigenvalue weighted by molar-refractivity contribution is 0.102. The highest BCUT2D eigenvalue weighted by molar-refractivity contribution is 7.86. The largest absolute Gasteiger partial charge is 0.505 e. The summed E-state index contributed by atoms with van der Waals surface area (Å²) in [6, 6.07) is 18.0. The quantitative estimate of drug-likeness (QED) is 0.174. The van der Waals surface area contributed by atoms with E-state index in [4.69, 9.17) is 16.3 Å². The lowest BCUT2D eigenvalue weighted by atomic mass is 10.0. The van der Waals surface area contributed by atoms with Crippen LogP contribution < -0.4 is 10.1 Å². The highest BCUT2D eigenvalue weighted by atomic mass is 35.5. The fourth-order valence-corrected chi connectivity index (χ4v) is 4.88. The van der Waals surface area contributed by atoms with Crippen LogP contribution in [0.2, 0.25) is 5.02 Å². The van der Waals surface area contributed by atoms with Gasteiger partial charge in [0.25, 0.3) is 16.0 Å². The zero-order valence-electron chi connectivity index (χ0n) is 19.8. The molecule has 4 rings (SSSR count). The van der Waals surface area contributed by atoms with Crippen LogP contribution in [0, 0.1) is 6.92 Å². The number of benzene rings is 4. The van der Waals surface area contributed by atoms with Gasteiger partial charge in [0.15, 0.2) is 5.75 Å². The molecule has 4 aromatic carbocycles. The van der Waals surface area contributed by atoms with Gasteiger partial charge in [0.2, 0.25) is 0 Å². The molecule has 37 heavy (non-hydrogen) atoms. The van der Waals surface area contributed by atoms with Crippen LogP contribution in [0.25, 0.3) is 10.8 Å². The van der Waals surface area contributed by atoms with E-state index >= 15 is 0 Å². The molecule has 4 aromatic rings. The fourth-order valence-electron chi connectivity index (χ4n) is 3.79. The van der Waals surface area contributed by atoms with Crippen LogP contribution in [-0.4, -0.2) is 30.6 Å². The summed E-state index contributed by atoms with van der Waals surface area (Å²) in [5.74, 6) is -0.616. The molecule has 0 spiro atoms. The number of ether oxygens (including phenoxy) is 1. The molecule has 0 unspecified atom stereocenters. The molecule has 1 amide bonds. The lowest BCUT2D eigenvalue weighted by Crippen LogP contribution is -2.13. The predicted molar refractivity (Wildman–Crippen MR) is 141 cm³/mol. The van der Waals surface area contributed by atoms with E-state index in [1.807, 2.05) is 6.92 Å². The minimum atomic E-state index is -4.69. The third-order valence-electron chi connectivity index (χ3n) is 5.51. The first-order chi connectivity index (χ1) is 17.6. The summed E-state index contributed by atoms with van der Waals surface area (Å²) in [5, 5.41) is 23.1. The Bertz CT molecular complexity index is 1650. The maximum Gasteiger partial charge on any atom is 0.297 e. The maximum absolute atomic E-state index is 13.2. The highest BCUT2D eigenvalue weighted by Crippen LogP contribution is 2.41. The smallest absolute Gasteiger partial charge is 0.297 e. The Labute approximate surface area is 218 Å². The average molecular weight is 540 g/mol. The molecule has 0 saturated carbocycles. The van der Waals surface area contributed by atoms with Crippen molar-refractivity contribution >= 4 is 55.5 Å². The van der Waals surface area contributed by atoms with Crippen molar-refractivity contribution in [2.45, 2.75) is 18.7 Å². The number of nitrogens with zero attached hydrogens (tertiary/aromatic N) is 2. The van der Waals surface area contributed by atoms with Crippen LogP contribution in [0.4, 0.5) is 17.1 Å². The van der Waals surface area contributed by atoms with E-state index in [1.165, 1.54) is 25.1 Å². The number of phenolic OH excluding ortho intramolecular Hbond substituents is 1. The van der Waals surface area contributed by atoms with Crippen molar-refractivity contribution in [2.75, 3.05) is 11.9 Å². The van der Waals surface area contributed by atoms with Gasteiger partial charge in [-0.2, -0.15) is 8.42 Å². The monoisotopic (exact) mass is 539 g/mol. The second-order valence-corrected chi connectivity index (χ2v) is 9.69. The Morgan fingerprint density at radius 2 is 1.76 bits per heavy atom. The Balaban J connectivity index is 1.83. The van der Waals surface area contributed by atoms with Gasteiger partial charge in [-0.25, -0.2) is 0 Å². The summed E-state index contributed by atoms with van der Waals surface area (Å²) in [4.78, 5) is 12.7. The molecule has 3 N–H and O–H groups in total. The summed E-state index contributed by atoms with van der Waals surface area (Å²) in [7, 11) is -4.69. The number of halogens is 1. The Hall–Kier alpha value is -3.99. The van der Waals surface area contributed by atoms with Crippen molar-refractivity contribution < 1.29 is 27.6 Å². The van der Waals surface area contributed by atoms with Gasteiger partial charge in [-0.05, 0) is 55.1 Å². The van der Waals surface area contributed by atoms with E-state index in [0.29, 0.717) is 28.8 Å². The zero-order valence-corrected chi connectivity index (χ0v) is 21.3. The second kappa shape index (κ2) is 10.6. The summed E-state index contributed by atoms with van der Waals surface area (Å²) in [6.45, 7) is 3.64. The summed E-state index contributed by atoms with van der Waals surface area (Å²) in [6.07, 6.45) is 0. The summed E-state index contributed by atoms with van der Waals surface area (Å²) >= 11 is 6.02. The topological polar surface area (TPSA) is 138 Å². The third-order valence-corrected chi connectivity index (χ3v) is 6.95. The first kappa shape index (κ1) is 26.1. The molecule has 0 bridgehead atoms. The Morgan fingerprint density at radius 3 is 2.49 bits per heavy atom. The number of phenols is 1. The SMILES string of the molecule is CCOc1ccccc1NC(=O)c1cc2ccccc2c(N=Nc2ccc(Cl)c(C)c2S(=O)(=O)O)c1O. The normalized spacial score (nSPS) is 11.7. The molecule has 0 atom stereocenters. The van der Waals surface area contributed by atoms with Crippen LogP contribution in [0.1, 0.15) is 22.8 Å².